The molecule has 1 aliphatic rings. The van der Waals surface area contributed by atoms with Crippen molar-refractivity contribution in [1.82, 2.24) is 19.8 Å². The molecule has 2 aromatic rings. The van der Waals surface area contributed by atoms with Crippen LogP contribution in [-0.4, -0.2) is 39.4 Å². The van der Waals surface area contributed by atoms with Gasteiger partial charge >= 0.3 is 0 Å². The van der Waals surface area contributed by atoms with Crippen molar-refractivity contribution >= 4 is 23.3 Å². The summed E-state index contributed by atoms with van der Waals surface area (Å²) in [6, 6.07) is 5.21. The van der Waals surface area contributed by atoms with Crippen molar-refractivity contribution in [3.8, 4) is 0 Å². The van der Waals surface area contributed by atoms with Gasteiger partial charge < -0.3 is 10.2 Å². The van der Waals surface area contributed by atoms with Crippen LogP contribution in [0.3, 0.4) is 0 Å². The molecule has 114 valence electrons. The van der Waals surface area contributed by atoms with Gasteiger partial charge in [0.1, 0.15) is 5.82 Å². The van der Waals surface area contributed by atoms with E-state index in [-0.39, 0.29) is 35.8 Å². The van der Waals surface area contributed by atoms with Crippen LogP contribution in [-0.2, 0) is 4.79 Å². The maximum absolute atomic E-state index is 13.1. The number of carbonyl (C=O) groups excluding carboxylic acids is 2. The topological polar surface area (TPSA) is 75.2 Å². The molecule has 0 saturated carbocycles. The number of rotatable bonds is 3. The lowest BCUT2D eigenvalue weighted by Crippen LogP contribution is -2.39. The molecule has 1 aliphatic heterocycles. The minimum atomic E-state index is -0.392. The highest BCUT2D eigenvalue weighted by Gasteiger charge is 2.39. The van der Waals surface area contributed by atoms with Crippen molar-refractivity contribution in [3.05, 3.63) is 46.7 Å². The van der Waals surface area contributed by atoms with Crippen molar-refractivity contribution in [2.75, 3.05) is 7.05 Å². The van der Waals surface area contributed by atoms with E-state index in [1.54, 1.807) is 29.5 Å². The van der Waals surface area contributed by atoms with Gasteiger partial charge in [-0.3, -0.25) is 9.59 Å². The van der Waals surface area contributed by atoms with E-state index >= 15 is 0 Å². The van der Waals surface area contributed by atoms with Crippen molar-refractivity contribution in [2.24, 2.45) is 0 Å². The predicted molar refractivity (Wildman–Crippen MR) is 77.7 cm³/mol. The summed E-state index contributed by atoms with van der Waals surface area (Å²) >= 11 is 1.08. The molecule has 1 fully saturated rings. The van der Waals surface area contributed by atoms with Crippen LogP contribution in [0.1, 0.15) is 28.5 Å². The number of nitrogens with zero attached hydrogens (tertiary/aromatic N) is 3. The Morgan fingerprint density at radius 3 is 2.77 bits per heavy atom. The molecule has 0 spiro atoms. The molecule has 1 N–H and O–H groups in total. The zero-order valence-corrected chi connectivity index (χ0v) is 12.5. The molecule has 0 radical (unpaired) electrons. The summed E-state index contributed by atoms with van der Waals surface area (Å²) in [6.45, 7) is 0. The number of hydrogen-bond donors (Lipinski definition) is 1. The summed E-state index contributed by atoms with van der Waals surface area (Å²) in [7, 11) is 1.67. The molecule has 22 heavy (non-hydrogen) atoms. The molecule has 8 heteroatoms. The number of halogens is 1. The van der Waals surface area contributed by atoms with Gasteiger partial charge in [0.15, 0.2) is 5.69 Å². The van der Waals surface area contributed by atoms with Crippen LogP contribution in [0.15, 0.2) is 29.6 Å². The quantitative estimate of drug-likeness (QED) is 0.927. The Morgan fingerprint density at radius 1 is 1.41 bits per heavy atom. The van der Waals surface area contributed by atoms with E-state index in [4.69, 9.17) is 0 Å². The van der Waals surface area contributed by atoms with Gasteiger partial charge in [-0.15, -0.1) is 5.10 Å². The van der Waals surface area contributed by atoms with E-state index in [1.165, 1.54) is 12.1 Å². The first-order valence-corrected chi connectivity index (χ1v) is 7.49. The number of nitrogens with one attached hydrogen (secondary N) is 1. The normalized spacial score (nSPS) is 21.2. The van der Waals surface area contributed by atoms with Crippen LogP contribution in [0.25, 0.3) is 0 Å². The summed E-state index contributed by atoms with van der Waals surface area (Å²) in [6.07, 6.45) is 0.196. The second-order valence-electron chi connectivity index (χ2n) is 5.08. The third kappa shape index (κ3) is 2.69. The van der Waals surface area contributed by atoms with Gasteiger partial charge in [-0.1, -0.05) is 16.6 Å². The fourth-order valence-electron chi connectivity index (χ4n) is 2.62. The molecule has 2 heterocycles. The highest BCUT2D eigenvalue weighted by atomic mass is 32.1. The molecule has 0 aliphatic carbocycles. The molecule has 1 aromatic heterocycles. The average molecular weight is 320 g/mol. The molecule has 2 amide bonds. The molecular formula is C14H13FN4O2S. The lowest BCUT2D eigenvalue weighted by Gasteiger charge is -2.25. The monoisotopic (exact) mass is 320 g/mol. The van der Waals surface area contributed by atoms with Crippen LogP contribution in [0.4, 0.5) is 4.39 Å². The maximum atomic E-state index is 13.1. The number of amides is 2. The minimum absolute atomic E-state index is 0.0731. The Morgan fingerprint density at radius 2 is 2.14 bits per heavy atom. The van der Waals surface area contributed by atoms with E-state index in [0.29, 0.717) is 0 Å². The number of aromatic nitrogens is 2. The third-order valence-corrected chi connectivity index (χ3v) is 4.21. The molecule has 3 rings (SSSR count). The predicted octanol–water partition coefficient (Wildman–Crippen LogP) is 1.38. The van der Waals surface area contributed by atoms with Gasteiger partial charge in [-0.2, -0.15) is 0 Å². The minimum Gasteiger partial charge on any atom is -0.345 e. The standard InChI is InChI=1S/C14H13FN4O2S/c1-19-12(20)6-10(16-14(21)11-7-22-18-17-11)13(19)8-2-4-9(15)5-3-8/h2-5,7,10,13H,6H2,1H3,(H,16,21)/t10-,13-/m1/s1. The Balaban J connectivity index is 1.83. The highest BCUT2D eigenvalue weighted by molar-refractivity contribution is 7.03. The SMILES string of the molecule is CN1C(=O)C[C@@H](NC(=O)c2csnn2)[C@H]1c1ccc(F)cc1. The number of likely N-dealkylation sites (N-methyl/N-ethyl adjacent to an activating group) is 1. The number of carbonyl (C=O) groups is 2. The second kappa shape index (κ2) is 5.80. The van der Waals surface area contributed by atoms with Gasteiger partial charge in [0, 0.05) is 18.8 Å². The molecule has 6 nitrogen and oxygen atoms in total. The maximum Gasteiger partial charge on any atom is 0.273 e. The second-order valence-corrected chi connectivity index (χ2v) is 5.69. The van der Waals surface area contributed by atoms with Crippen LogP contribution >= 0.6 is 11.5 Å². The Kier molecular flexibility index (Phi) is 3.84. The summed E-state index contributed by atoms with van der Waals surface area (Å²) < 4.78 is 16.7. The van der Waals surface area contributed by atoms with Crippen LogP contribution in [0.5, 0.6) is 0 Å². The van der Waals surface area contributed by atoms with Crippen LogP contribution in [0.2, 0.25) is 0 Å². The van der Waals surface area contributed by atoms with E-state index < -0.39 is 6.04 Å². The zero-order valence-electron chi connectivity index (χ0n) is 11.7. The first-order chi connectivity index (χ1) is 10.6. The van der Waals surface area contributed by atoms with Gasteiger partial charge in [-0.25, -0.2) is 4.39 Å². The van der Waals surface area contributed by atoms with Crippen molar-refractivity contribution < 1.29 is 14.0 Å². The molecule has 0 unspecified atom stereocenters. The third-order valence-electron chi connectivity index (χ3n) is 3.71. The number of benzene rings is 1. The molecular weight excluding hydrogens is 307 g/mol. The van der Waals surface area contributed by atoms with Gasteiger partial charge in [0.2, 0.25) is 5.91 Å². The van der Waals surface area contributed by atoms with Crippen molar-refractivity contribution in [1.29, 1.82) is 0 Å². The summed E-state index contributed by atoms with van der Waals surface area (Å²) in [5.74, 6) is -0.783. The van der Waals surface area contributed by atoms with Crippen LogP contribution < -0.4 is 5.32 Å². The summed E-state index contributed by atoms with van der Waals surface area (Å²) in [4.78, 5) is 25.7. The Hall–Kier alpha value is -2.35. The molecule has 1 saturated heterocycles. The van der Waals surface area contributed by atoms with E-state index in [0.717, 1.165) is 17.1 Å². The smallest absolute Gasteiger partial charge is 0.273 e. The van der Waals surface area contributed by atoms with E-state index in [1.807, 2.05) is 0 Å². The average Bonchev–Trinajstić information content (AvgIpc) is 3.11. The Labute approximate surface area is 130 Å². The molecule has 0 bridgehead atoms. The van der Waals surface area contributed by atoms with E-state index in [2.05, 4.69) is 14.9 Å². The summed E-state index contributed by atoms with van der Waals surface area (Å²) in [5, 5.41) is 8.07. The van der Waals surface area contributed by atoms with Gasteiger partial charge in [-0.05, 0) is 29.2 Å². The molecule has 2 atom stereocenters. The summed E-state index contributed by atoms with van der Waals surface area (Å²) in [5.41, 5.74) is 1.00. The number of likely N-dealkylation sites (tertiary alicyclic amines) is 1. The first-order valence-electron chi connectivity index (χ1n) is 6.65. The highest BCUT2D eigenvalue weighted by Crippen LogP contribution is 2.32. The van der Waals surface area contributed by atoms with Crippen molar-refractivity contribution in [3.63, 3.8) is 0 Å². The zero-order chi connectivity index (χ0) is 15.7. The van der Waals surface area contributed by atoms with Crippen molar-refractivity contribution in [2.45, 2.75) is 18.5 Å². The van der Waals surface area contributed by atoms with E-state index in [9.17, 15) is 14.0 Å². The van der Waals surface area contributed by atoms with Gasteiger partial charge in [0.25, 0.3) is 5.91 Å². The van der Waals surface area contributed by atoms with Gasteiger partial charge in [0.05, 0.1) is 12.1 Å². The number of hydrogen-bond acceptors (Lipinski definition) is 5. The molecule has 1 aromatic carbocycles. The lowest BCUT2D eigenvalue weighted by atomic mass is 10.00. The fraction of sp³-hybridized carbons (Fsp3) is 0.286. The van der Waals surface area contributed by atoms with Crippen LogP contribution in [0, 0.1) is 5.82 Å². The largest absolute Gasteiger partial charge is 0.345 e. The first kappa shape index (κ1) is 14.6. The fourth-order valence-corrected chi connectivity index (χ4v) is 3.06. The Bertz CT molecular complexity index is 689. The lowest BCUT2D eigenvalue weighted by molar-refractivity contribution is -0.127.